The normalized spacial score (nSPS) is 21.0. The van der Waals surface area contributed by atoms with Gasteiger partial charge in [-0.15, -0.1) is 0 Å². The summed E-state index contributed by atoms with van der Waals surface area (Å²) in [5, 5.41) is 0. The molecule has 136 valence electrons. The molecule has 0 radical (unpaired) electrons. The Kier molecular flexibility index (Phi) is 7.43. The first-order valence-electron chi connectivity index (χ1n) is 8.66. The van der Waals surface area contributed by atoms with Gasteiger partial charge in [0.15, 0.2) is 0 Å². The van der Waals surface area contributed by atoms with Gasteiger partial charge in [0.25, 0.3) is 0 Å². The number of hydrogen-bond acceptors (Lipinski definition) is 2. The molecule has 3 nitrogen and oxygen atoms in total. The summed E-state index contributed by atoms with van der Waals surface area (Å²) in [4.78, 5) is 0. The van der Waals surface area contributed by atoms with Crippen molar-refractivity contribution in [3.63, 3.8) is 0 Å². The molecule has 1 fully saturated rings. The van der Waals surface area contributed by atoms with E-state index in [4.69, 9.17) is 9.47 Å². The monoisotopic (exact) mass is 453 g/mol. The number of benzene rings is 2. The average Bonchev–Trinajstić information content (AvgIpc) is 2.56. The summed E-state index contributed by atoms with van der Waals surface area (Å²) in [5.74, 6) is 0.197. The van der Waals surface area contributed by atoms with Gasteiger partial charge in [-0.25, -0.2) is 0 Å². The van der Waals surface area contributed by atoms with E-state index in [2.05, 4.69) is 81.8 Å². The van der Waals surface area contributed by atoms with E-state index in [1.165, 1.54) is 11.1 Å². The van der Waals surface area contributed by atoms with E-state index in [-0.39, 0.29) is 42.1 Å². The molecule has 1 saturated heterocycles. The Morgan fingerprint density at radius 3 is 1.88 bits per heavy atom. The molecule has 2 aromatic carbocycles. The summed E-state index contributed by atoms with van der Waals surface area (Å²) in [6.07, 6.45) is 0.179. The Morgan fingerprint density at radius 2 is 1.40 bits per heavy atom. The maximum Gasteiger partial charge on any atom is 0.130 e. The van der Waals surface area contributed by atoms with E-state index in [9.17, 15) is 0 Å². The first-order valence-corrected chi connectivity index (χ1v) is 8.66. The summed E-state index contributed by atoms with van der Waals surface area (Å²) in [5.41, 5.74) is 2.56. The van der Waals surface area contributed by atoms with Gasteiger partial charge in [0.05, 0.1) is 40.5 Å². The van der Waals surface area contributed by atoms with Crippen molar-refractivity contribution >= 4 is 0 Å². The highest BCUT2D eigenvalue weighted by atomic mass is 127. The van der Waals surface area contributed by atoms with Crippen LogP contribution in [0, 0.1) is 0 Å². The standard InChI is InChI=1S/C21H28NO2.HI/c1-22(2,3)14-19-15-23-16-20(24-19)21(17-10-6-4-7-11-17)18-12-8-5-9-13-18;/h4-13,19-21H,14-16H2,1-3H3;1H/q+1;/p-1/t19-,20-;/m1./s1. The molecule has 0 N–H and O–H groups in total. The molecule has 1 aliphatic heterocycles. The van der Waals surface area contributed by atoms with E-state index in [1.807, 2.05) is 0 Å². The first kappa shape index (κ1) is 20.4. The zero-order valence-electron chi connectivity index (χ0n) is 15.3. The van der Waals surface area contributed by atoms with Gasteiger partial charge in [-0.2, -0.15) is 0 Å². The minimum atomic E-state index is 0. The van der Waals surface area contributed by atoms with Gasteiger partial charge in [-0.1, -0.05) is 60.7 Å². The van der Waals surface area contributed by atoms with Gasteiger partial charge in [0, 0.05) is 5.92 Å². The van der Waals surface area contributed by atoms with E-state index in [0.717, 1.165) is 11.0 Å². The molecule has 0 unspecified atom stereocenters. The second-order valence-electron chi connectivity index (χ2n) is 7.61. The fourth-order valence-corrected chi connectivity index (χ4v) is 3.47. The second kappa shape index (κ2) is 9.12. The van der Waals surface area contributed by atoms with Crippen LogP contribution >= 0.6 is 0 Å². The smallest absolute Gasteiger partial charge is 0.130 e. The maximum atomic E-state index is 6.49. The predicted molar refractivity (Wildman–Crippen MR) is 97.1 cm³/mol. The van der Waals surface area contributed by atoms with Crippen LogP contribution in [0.15, 0.2) is 60.7 Å². The molecule has 1 heterocycles. The van der Waals surface area contributed by atoms with Crippen LogP contribution in [0.3, 0.4) is 0 Å². The summed E-state index contributed by atoms with van der Waals surface area (Å²) >= 11 is 0. The quantitative estimate of drug-likeness (QED) is 0.480. The van der Waals surface area contributed by atoms with Crippen molar-refractivity contribution < 1.29 is 37.9 Å². The van der Waals surface area contributed by atoms with Crippen LogP contribution in [0.5, 0.6) is 0 Å². The summed E-state index contributed by atoms with van der Waals surface area (Å²) in [6.45, 7) is 2.28. The molecule has 0 aromatic heterocycles. The van der Waals surface area contributed by atoms with Crippen LogP contribution in [0.2, 0.25) is 0 Å². The lowest BCUT2D eigenvalue weighted by Crippen LogP contribution is -3.00. The zero-order valence-corrected chi connectivity index (χ0v) is 17.4. The van der Waals surface area contributed by atoms with Crippen molar-refractivity contribution in [2.75, 3.05) is 40.9 Å². The molecule has 4 heteroatoms. The molecular formula is C21H28INO2. The van der Waals surface area contributed by atoms with Gasteiger partial charge in [-0.05, 0) is 11.1 Å². The predicted octanol–water partition coefficient (Wildman–Crippen LogP) is 0.313. The lowest BCUT2D eigenvalue weighted by atomic mass is 9.86. The van der Waals surface area contributed by atoms with Crippen LogP contribution in [0.1, 0.15) is 17.0 Å². The van der Waals surface area contributed by atoms with Gasteiger partial charge in [0.1, 0.15) is 12.6 Å². The molecule has 0 saturated carbocycles. The van der Waals surface area contributed by atoms with Gasteiger partial charge in [-0.3, -0.25) is 0 Å². The van der Waals surface area contributed by atoms with Crippen molar-refractivity contribution in [3.8, 4) is 0 Å². The molecule has 0 bridgehead atoms. The molecule has 25 heavy (non-hydrogen) atoms. The van der Waals surface area contributed by atoms with Crippen LogP contribution in [0.4, 0.5) is 0 Å². The highest BCUT2D eigenvalue weighted by Crippen LogP contribution is 2.32. The molecule has 2 atom stereocenters. The van der Waals surface area contributed by atoms with Crippen LogP contribution < -0.4 is 24.0 Å². The topological polar surface area (TPSA) is 18.5 Å². The molecule has 3 rings (SSSR count). The third-order valence-corrected chi connectivity index (χ3v) is 4.39. The summed E-state index contributed by atoms with van der Waals surface area (Å²) < 4.78 is 13.3. The number of ether oxygens (including phenoxy) is 2. The zero-order chi connectivity index (χ0) is 17.0. The third kappa shape index (κ3) is 5.78. The Balaban J connectivity index is 0.00000225. The van der Waals surface area contributed by atoms with Crippen molar-refractivity contribution in [2.24, 2.45) is 0 Å². The first-order chi connectivity index (χ1) is 11.5. The Hall–Kier alpha value is -0.950. The molecular weight excluding hydrogens is 425 g/mol. The number of quaternary nitrogens is 1. The van der Waals surface area contributed by atoms with Crippen LogP contribution in [0.25, 0.3) is 0 Å². The number of hydrogen-bond donors (Lipinski definition) is 0. The van der Waals surface area contributed by atoms with E-state index >= 15 is 0 Å². The lowest BCUT2D eigenvalue weighted by molar-refractivity contribution is -0.874. The highest BCUT2D eigenvalue weighted by Gasteiger charge is 2.33. The van der Waals surface area contributed by atoms with Gasteiger partial charge >= 0.3 is 0 Å². The molecule has 2 aromatic rings. The fraction of sp³-hybridized carbons (Fsp3) is 0.429. The van der Waals surface area contributed by atoms with E-state index < -0.39 is 0 Å². The van der Waals surface area contributed by atoms with Crippen molar-refractivity contribution in [1.82, 2.24) is 0 Å². The largest absolute Gasteiger partial charge is 1.00 e. The molecule has 0 aliphatic carbocycles. The minimum absolute atomic E-state index is 0. The number of likely N-dealkylation sites (N-methyl/N-ethyl adjacent to an activating group) is 1. The van der Waals surface area contributed by atoms with E-state index in [1.54, 1.807) is 0 Å². The van der Waals surface area contributed by atoms with Crippen molar-refractivity contribution in [3.05, 3.63) is 71.8 Å². The average molecular weight is 453 g/mol. The lowest BCUT2D eigenvalue weighted by Gasteiger charge is -2.38. The van der Waals surface area contributed by atoms with E-state index in [0.29, 0.717) is 13.2 Å². The number of rotatable bonds is 5. The van der Waals surface area contributed by atoms with Gasteiger partial charge in [0.2, 0.25) is 0 Å². The molecule has 0 spiro atoms. The van der Waals surface area contributed by atoms with Crippen LogP contribution in [-0.4, -0.2) is 57.6 Å². The number of halogens is 1. The Labute approximate surface area is 168 Å². The third-order valence-electron chi connectivity index (χ3n) is 4.39. The molecule has 0 amide bonds. The SMILES string of the molecule is C[N+](C)(C)C[C@@H]1COC[C@H](C(c2ccccc2)c2ccccc2)O1.[I-]. The molecule has 1 aliphatic rings. The van der Waals surface area contributed by atoms with Crippen molar-refractivity contribution in [2.45, 2.75) is 18.1 Å². The summed E-state index contributed by atoms with van der Waals surface area (Å²) in [6, 6.07) is 21.2. The van der Waals surface area contributed by atoms with Crippen LogP contribution in [-0.2, 0) is 9.47 Å². The fourth-order valence-electron chi connectivity index (χ4n) is 3.47. The minimum Gasteiger partial charge on any atom is -1.00 e. The summed E-state index contributed by atoms with van der Waals surface area (Å²) in [7, 11) is 6.58. The maximum absolute atomic E-state index is 6.49. The highest BCUT2D eigenvalue weighted by molar-refractivity contribution is 5.34. The second-order valence-corrected chi connectivity index (χ2v) is 7.61. The Bertz CT molecular complexity index is 588. The van der Waals surface area contributed by atoms with Crippen molar-refractivity contribution in [1.29, 1.82) is 0 Å². The number of nitrogens with zero attached hydrogens (tertiary/aromatic N) is 1. The Morgan fingerprint density at radius 1 is 0.880 bits per heavy atom. The van der Waals surface area contributed by atoms with Gasteiger partial charge < -0.3 is 37.9 Å².